The van der Waals surface area contributed by atoms with E-state index >= 15 is 0 Å². The molecule has 0 radical (unpaired) electrons. The first kappa shape index (κ1) is 19.7. The number of hydrogen-bond donors (Lipinski definition) is 2. The molecule has 148 valence electrons. The molecule has 7 heteroatoms. The second-order valence-electron chi connectivity index (χ2n) is 6.81. The number of rotatable bonds is 6. The molecular formula is C21H24FN3O3. The lowest BCUT2D eigenvalue weighted by atomic mass is 9.97. The third-order valence-corrected chi connectivity index (χ3v) is 4.78. The van der Waals surface area contributed by atoms with Crippen molar-refractivity contribution in [2.75, 3.05) is 19.6 Å². The van der Waals surface area contributed by atoms with Crippen LogP contribution in [0.3, 0.4) is 0 Å². The summed E-state index contributed by atoms with van der Waals surface area (Å²) in [6, 6.07) is 9.35. The number of nitrogens with zero attached hydrogens (tertiary/aromatic N) is 1. The van der Waals surface area contributed by atoms with Gasteiger partial charge in [0.25, 0.3) is 0 Å². The Kier molecular flexibility index (Phi) is 6.84. The Morgan fingerprint density at radius 2 is 1.89 bits per heavy atom. The van der Waals surface area contributed by atoms with Gasteiger partial charge in [-0.05, 0) is 54.7 Å². The van der Waals surface area contributed by atoms with Crippen molar-refractivity contribution in [3.63, 3.8) is 0 Å². The highest BCUT2D eigenvalue weighted by Gasteiger charge is 2.21. The van der Waals surface area contributed by atoms with Crippen LogP contribution in [0.1, 0.15) is 24.2 Å². The fourth-order valence-electron chi connectivity index (χ4n) is 3.09. The third-order valence-electron chi connectivity index (χ3n) is 4.78. The van der Waals surface area contributed by atoms with Crippen LogP contribution in [0.25, 0.3) is 6.08 Å². The van der Waals surface area contributed by atoms with Crippen molar-refractivity contribution in [1.82, 2.24) is 15.5 Å². The van der Waals surface area contributed by atoms with E-state index in [0.717, 1.165) is 18.4 Å². The molecule has 0 atom stereocenters. The summed E-state index contributed by atoms with van der Waals surface area (Å²) in [6.45, 7) is 2.26. The van der Waals surface area contributed by atoms with Crippen molar-refractivity contribution in [3.05, 3.63) is 65.9 Å². The van der Waals surface area contributed by atoms with E-state index in [1.807, 2.05) is 4.90 Å². The molecule has 28 heavy (non-hydrogen) atoms. The van der Waals surface area contributed by atoms with Crippen LogP contribution in [0.2, 0.25) is 0 Å². The molecule has 2 heterocycles. The number of benzene rings is 1. The smallest absolute Gasteiger partial charge is 0.315 e. The maximum atomic E-state index is 12.9. The lowest BCUT2D eigenvalue weighted by Crippen LogP contribution is -2.43. The number of furan rings is 1. The van der Waals surface area contributed by atoms with Gasteiger partial charge in [0.1, 0.15) is 11.6 Å². The van der Waals surface area contributed by atoms with E-state index < -0.39 is 0 Å². The zero-order valence-corrected chi connectivity index (χ0v) is 15.6. The molecule has 0 saturated carbocycles. The highest BCUT2D eigenvalue weighted by molar-refractivity contribution is 5.91. The molecule has 0 spiro atoms. The first-order chi connectivity index (χ1) is 13.6. The Hall–Kier alpha value is -3.09. The molecule has 6 nitrogen and oxygen atoms in total. The van der Waals surface area contributed by atoms with E-state index in [2.05, 4.69) is 10.6 Å². The van der Waals surface area contributed by atoms with Gasteiger partial charge in [0.05, 0.1) is 6.26 Å². The number of urea groups is 1. The first-order valence-corrected chi connectivity index (χ1v) is 9.37. The van der Waals surface area contributed by atoms with Gasteiger partial charge < -0.3 is 20.0 Å². The van der Waals surface area contributed by atoms with Crippen LogP contribution in [-0.2, 0) is 11.3 Å². The lowest BCUT2D eigenvalue weighted by Gasteiger charge is -2.31. The van der Waals surface area contributed by atoms with Crippen LogP contribution in [0.4, 0.5) is 9.18 Å². The third kappa shape index (κ3) is 5.97. The van der Waals surface area contributed by atoms with Gasteiger partial charge in [0.2, 0.25) is 5.91 Å². The van der Waals surface area contributed by atoms with Crippen molar-refractivity contribution >= 4 is 18.0 Å². The van der Waals surface area contributed by atoms with Gasteiger partial charge >= 0.3 is 6.03 Å². The predicted molar refractivity (Wildman–Crippen MR) is 104 cm³/mol. The number of nitrogens with one attached hydrogen (secondary N) is 2. The van der Waals surface area contributed by atoms with Crippen molar-refractivity contribution < 1.29 is 18.4 Å². The van der Waals surface area contributed by atoms with Crippen LogP contribution in [0, 0.1) is 11.7 Å². The maximum absolute atomic E-state index is 12.9. The molecule has 1 aromatic carbocycles. The summed E-state index contributed by atoms with van der Waals surface area (Å²) >= 11 is 0. The van der Waals surface area contributed by atoms with Gasteiger partial charge in [-0.15, -0.1) is 0 Å². The Morgan fingerprint density at radius 1 is 1.14 bits per heavy atom. The molecule has 1 aromatic heterocycles. The summed E-state index contributed by atoms with van der Waals surface area (Å²) < 4.78 is 18.0. The van der Waals surface area contributed by atoms with Crippen LogP contribution in [-0.4, -0.2) is 36.5 Å². The highest BCUT2D eigenvalue weighted by atomic mass is 19.1. The van der Waals surface area contributed by atoms with Crippen LogP contribution < -0.4 is 10.6 Å². The van der Waals surface area contributed by atoms with Gasteiger partial charge in [-0.1, -0.05) is 12.1 Å². The molecule has 0 bridgehead atoms. The van der Waals surface area contributed by atoms with Crippen molar-refractivity contribution in [3.8, 4) is 0 Å². The minimum Gasteiger partial charge on any atom is -0.465 e. The molecule has 2 aromatic rings. The summed E-state index contributed by atoms with van der Waals surface area (Å²) in [5, 5.41) is 5.63. The standard InChI is InChI=1S/C21H24FN3O3/c22-18-5-3-16(4-6-18)14-23-21(27)24-15-17-9-11-25(12-10-17)20(26)8-7-19-2-1-13-28-19/h1-8,13,17H,9-12,14-15H2,(H2,23,24,27)/b8-7+. The fourth-order valence-corrected chi connectivity index (χ4v) is 3.09. The quantitative estimate of drug-likeness (QED) is 0.750. The highest BCUT2D eigenvalue weighted by Crippen LogP contribution is 2.17. The Balaban J connectivity index is 1.33. The zero-order valence-electron chi connectivity index (χ0n) is 15.6. The Morgan fingerprint density at radius 3 is 2.57 bits per heavy atom. The second-order valence-corrected chi connectivity index (χ2v) is 6.81. The molecule has 3 rings (SSSR count). The number of piperidine rings is 1. The summed E-state index contributed by atoms with van der Waals surface area (Å²) in [4.78, 5) is 25.9. The molecule has 0 unspecified atom stereocenters. The second kappa shape index (κ2) is 9.73. The fraction of sp³-hybridized carbons (Fsp3) is 0.333. The van der Waals surface area contributed by atoms with E-state index in [1.54, 1.807) is 36.6 Å². The molecule has 1 fully saturated rings. The normalized spacial score (nSPS) is 15.0. The predicted octanol–water partition coefficient (Wildman–Crippen LogP) is 3.17. The van der Waals surface area contributed by atoms with E-state index in [4.69, 9.17) is 4.42 Å². The molecule has 1 aliphatic heterocycles. The molecule has 1 aliphatic rings. The Bertz CT molecular complexity index is 795. The average molecular weight is 385 g/mol. The summed E-state index contributed by atoms with van der Waals surface area (Å²) in [5.41, 5.74) is 0.839. The van der Waals surface area contributed by atoms with E-state index in [-0.39, 0.29) is 17.8 Å². The number of hydrogen-bond acceptors (Lipinski definition) is 3. The molecule has 2 N–H and O–H groups in total. The monoisotopic (exact) mass is 385 g/mol. The van der Waals surface area contributed by atoms with Gasteiger partial charge in [-0.2, -0.15) is 0 Å². The van der Waals surface area contributed by atoms with Crippen molar-refractivity contribution in [2.24, 2.45) is 5.92 Å². The van der Waals surface area contributed by atoms with Crippen LogP contribution in [0.5, 0.6) is 0 Å². The number of halogens is 1. The van der Waals surface area contributed by atoms with Gasteiger partial charge in [0, 0.05) is 32.3 Å². The molecular weight excluding hydrogens is 361 g/mol. The van der Waals surface area contributed by atoms with Gasteiger partial charge in [0.15, 0.2) is 0 Å². The van der Waals surface area contributed by atoms with Crippen molar-refractivity contribution in [1.29, 1.82) is 0 Å². The summed E-state index contributed by atoms with van der Waals surface area (Å²) in [5.74, 6) is 0.670. The molecule has 0 aliphatic carbocycles. The summed E-state index contributed by atoms with van der Waals surface area (Å²) in [7, 11) is 0. The minimum absolute atomic E-state index is 0.0279. The molecule has 1 saturated heterocycles. The van der Waals surface area contributed by atoms with Crippen LogP contribution >= 0.6 is 0 Å². The zero-order chi connectivity index (χ0) is 19.8. The first-order valence-electron chi connectivity index (χ1n) is 9.37. The lowest BCUT2D eigenvalue weighted by molar-refractivity contribution is -0.127. The number of likely N-dealkylation sites (tertiary alicyclic amines) is 1. The van der Waals surface area contributed by atoms with E-state index in [0.29, 0.717) is 37.9 Å². The number of amides is 3. The molecule has 3 amide bonds. The SMILES string of the molecule is O=C(NCc1ccc(F)cc1)NCC1CCN(C(=O)/C=C/c2ccco2)CC1. The van der Waals surface area contributed by atoms with Crippen molar-refractivity contribution in [2.45, 2.75) is 19.4 Å². The largest absolute Gasteiger partial charge is 0.465 e. The average Bonchev–Trinajstić information content (AvgIpc) is 3.24. The van der Waals surface area contributed by atoms with E-state index in [9.17, 15) is 14.0 Å². The van der Waals surface area contributed by atoms with Gasteiger partial charge in [-0.3, -0.25) is 4.79 Å². The maximum Gasteiger partial charge on any atom is 0.315 e. The summed E-state index contributed by atoms with van der Waals surface area (Å²) in [6.07, 6.45) is 6.46. The number of carbonyl (C=O) groups is 2. The topological polar surface area (TPSA) is 74.6 Å². The van der Waals surface area contributed by atoms with Gasteiger partial charge in [-0.25, -0.2) is 9.18 Å². The van der Waals surface area contributed by atoms with E-state index in [1.165, 1.54) is 18.2 Å². The minimum atomic E-state index is -0.297. The Labute approximate surface area is 163 Å². The number of carbonyl (C=O) groups excluding carboxylic acids is 2. The van der Waals surface area contributed by atoms with Crippen LogP contribution in [0.15, 0.2) is 53.2 Å².